The molecule has 0 spiro atoms. The quantitative estimate of drug-likeness (QED) is 0.611. The van der Waals surface area contributed by atoms with E-state index in [1.807, 2.05) is 0 Å². The third-order valence-corrected chi connectivity index (χ3v) is 4.26. The van der Waals surface area contributed by atoms with Gasteiger partial charge in [-0.15, -0.1) is 0 Å². The predicted molar refractivity (Wildman–Crippen MR) is 72.2 cm³/mol. The van der Waals surface area contributed by atoms with E-state index in [4.69, 9.17) is 5.11 Å². The summed E-state index contributed by atoms with van der Waals surface area (Å²) in [5, 5.41) is 12.4. The average molecular weight is 243 g/mol. The van der Waals surface area contributed by atoms with E-state index in [0.717, 1.165) is 13.1 Å². The van der Waals surface area contributed by atoms with E-state index in [2.05, 4.69) is 26.1 Å². The highest BCUT2D eigenvalue weighted by atomic mass is 16.4. The van der Waals surface area contributed by atoms with Crippen LogP contribution in [0.1, 0.15) is 60.3 Å². The molecule has 2 N–H and O–H groups in total. The Morgan fingerprint density at radius 1 is 1.12 bits per heavy atom. The minimum atomic E-state index is -0.716. The average Bonchev–Trinajstić information content (AvgIpc) is 2.30. The van der Waals surface area contributed by atoms with Crippen LogP contribution in [0.4, 0.5) is 0 Å². The maximum atomic E-state index is 11.0. The highest BCUT2D eigenvalue weighted by Gasteiger charge is 2.27. The first kappa shape index (κ1) is 16.4. The van der Waals surface area contributed by atoms with E-state index < -0.39 is 11.4 Å². The fourth-order valence-electron chi connectivity index (χ4n) is 1.99. The number of carboxylic acid groups (broad SMARTS) is 1. The zero-order valence-corrected chi connectivity index (χ0v) is 12.1. The van der Waals surface area contributed by atoms with E-state index >= 15 is 0 Å². The van der Waals surface area contributed by atoms with E-state index in [1.54, 1.807) is 13.8 Å². The lowest BCUT2D eigenvalue weighted by Crippen LogP contribution is -2.36. The van der Waals surface area contributed by atoms with Crippen molar-refractivity contribution in [1.29, 1.82) is 0 Å². The lowest BCUT2D eigenvalue weighted by molar-refractivity contribution is -0.147. The Bertz CT molecular complexity index is 224. The fourth-order valence-corrected chi connectivity index (χ4v) is 1.99. The third-order valence-electron chi connectivity index (χ3n) is 4.26. The Hall–Kier alpha value is -0.570. The molecule has 0 atom stereocenters. The number of nitrogens with one attached hydrogen (secondary N) is 1. The number of carbonyl (C=O) groups is 1. The van der Waals surface area contributed by atoms with Crippen LogP contribution >= 0.6 is 0 Å². The Labute approximate surface area is 106 Å². The molecule has 0 fully saturated rings. The third kappa shape index (κ3) is 5.07. The molecule has 0 aliphatic heterocycles. The van der Waals surface area contributed by atoms with Gasteiger partial charge in [0.05, 0.1) is 5.41 Å². The van der Waals surface area contributed by atoms with Crippen LogP contribution in [-0.2, 0) is 4.79 Å². The van der Waals surface area contributed by atoms with Gasteiger partial charge < -0.3 is 10.4 Å². The van der Waals surface area contributed by atoms with Gasteiger partial charge in [-0.05, 0) is 51.5 Å². The first-order chi connectivity index (χ1) is 7.83. The molecule has 0 bridgehead atoms. The van der Waals surface area contributed by atoms with Crippen molar-refractivity contribution in [3.05, 3.63) is 0 Å². The van der Waals surface area contributed by atoms with Crippen molar-refractivity contribution in [2.75, 3.05) is 13.1 Å². The molecule has 3 heteroatoms. The van der Waals surface area contributed by atoms with Crippen molar-refractivity contribution in [2.24, 2.45) is 10.8 Å². The second kappa shape index (κ2) is 7.00. The smallest absolute Gasteiger partial charge is 0.309 e. The van der Waals surface area contributed by atoms with Gasteiger partial charge in [0, 0.05) is 6.54 Å². The van der Waals surface area contributed by atoms with Gasteiger partial charge in [-0.2, -0.15) is 0 Å². The number of carboxylic acids is 1. The topological polar surface area (TPSA) is 49.3 Å². The molecule has 0 saturated carbocycles. The monoisotopic (exact) mass is 243 g/mol. The molecule has 0 aromatic rings. The van der Waals surface area contributed by atoms with Crippen molar-refractivity contribution < 1.29 is 9.90 Å². The molecular weight excluding hydrogens is 214 g/mol. The molecule has 102 valence electrons. The molecule has 0 unspecified atom stereocenters. The van der Waals surface area contributed by atoms with E-state index in [9.17, 15) is 4.79 Å². The fraction of sp³-hybridized carbons (Fsp3) is 0.929. The first-order valence-electron chi connectivity index (χ1n) is 6.77. The van der Waals surface area contributed by atoms with Crippen molar-refractivity contribution in [2.45, 2.75) is 60.3 Å². The van der Waals surface area contributed by atoms with Gasteiger partial charge in [0.1, 0.15) is 0 Å². The van der Waals surface area contributed by atoms with Crippen LogP contribution < -0.4 is 5.32 Å². The van der Waals surface area contributed by atoms with Gasteiger partial charge in [0.15, 0.2) is 0 Å². The van der Waals surface area contributed by atoms with E-state index in [-0.39, 0.29) is 0 Å². The maximum Gasteiger partial charge on any atom is 0.309 e. The van der Waals surface area contributed by atoms with Gasteiger partial charge >= 0.3 is 5.97 Å². The largest absolute Gasteiger partial charge is 0.481 e. The molecule has 0 amide bonds. The zero-order valence-electron chi connectivity index (χ0n) is 12.1. The summed E-state index contributed by atoms with van der Waals surface area (Å²) in [5.41, 5.74) is -0.242. The first-order valence-corrected chi connectivity index (χ1v) is 6.77. The lowest BCUT2D eigenvalue weighted by Gasteiger charge is -2.31. The molecule has 0 heterocycles. The number of rotatable bonds is 9. The summed E-state index contributed by atoms with van der Waals surface area (Å²) in [7, 11) is 0. The van der Waals surface area contributed by atoms with Gasteiger partial charge in [-0.1, -0.05) is 20.8 Å². The van der Waals surface area contributed by atoms with Crippen LogP contribution in [0, 0.1) is 10.8 Å². The molecule has 0 rings (SSSR count). The number of hydrogen-bond acceptors (Lipinski definition) is 2. The van der Waals surface area contributed by atoms with Crippen molar-refractivity contribution in [1.82, 2.24) is 5.32 Å². The molecule has 0 aliphatic carbocycles. The van der Waals surface area contributed by atoms with Crippen LogP contribution in [0.2, 0.25) is 0 Å². The second-order valence-electron chi connectivity index (χ2n) is 5.68. The van der Waals surface area contributed by atoms with Crippen molar-refractivity contribution in [3.63, 3.8) is 0 Å². The second-order valence-corrected chi connectivity index (χ2v) is 5.68. The summed E-state index contributed by atoms with van der Waals surface area (Å²) in [6.45, 7) is 12.0. The highest BCUT2D eigenvalue weighted by molar-refractivity contribution is 5.73. The van der Waals surface area contributed by atoms with Crippen molar-refractivity contribution >= 4 is 5.97 Å². The SMILES string of the molecule is CCC(CC)(CC)CNCCC(C)(C)C(=O)O. The Morgan fingerprint density at radius 2 is 1.59 bits per heavy atom. The van der Waals surface area contributed by atoms with Gasteiger partial charge in [0.2, 0.25) is 0 Å². The van der Waals surface area contributed by atoms with Crippen LogP contribution in [0.3, 0.4) is 0 Å². The van der Waals surface area contributed by atoms with Gasteiger partial charge in [-0.25, -0.2) is 0 Å². The summed E-state index contributed by atoms with van der Waals surface area (Å²) in [5.74, 6) is -0.716. The number of aliphatic carboxylic acids is 1. The maximum absolute atomic E-state index is 11.0. The minimum absolute atomic E-state index is 0.382. The molecule has 0 aliphatic rings. The summed E-state index contributed by atoms with van der Waals surface area (Å²) >= 11 is 0. The highest BCUT2D eigenvalue weighted by Crippen LogP contribution is 2.29. The van der Waals surface area contributed by atoms with Gasteiger partial charge in [-0.3, -0.25) is 4.79 Å². The van der Waals surface area contributed by atoms with Crippen LogP contribution in [0.25, 0.3) is 0 Å². The van der Waals surface area contributed by atoms with Crippen molar-refractivity contribution in [3.8, 4) is 0 Å². The molecular formula is C14H29NO2. The van der Waals surface area contributed by atoms with Gasteiger partial charge in [0.25, 0.3) is 0 Å². The Balaban J connectivity index is 4.03. The van der Waals surface area contributed by atoms with Crippen LogP contribution in [0.5, 0.6) is 0 Å². The summed E-state index contributed by atoms with van der Waals surface area (Å²) in [6, 6.07) is 0. The molecule has 17 heavy (non-hydrogen) atoms. The summed E-state index contributed by atoms with van der Waals surface area (Å²) in [4.78, 5) is 11.0. The number of hydrogen-bond donors (Lipinski definition) is 2. The van der Waals surface area contributed by atoms with Crippen LogP contribution in [-0.4, -0.2) is 24.2 Å². The molecule has 0 saturated heterocycles. The van der Waals surface area contributed by atoms with Crippen LogP contribution in [0.15, 0.2) is 0 Å². The molecule has 0 radical (unpaired) electrons. The summed E-state index contributed by atoms with van der Waals surface area (Å²) in [6.07, 6.45) is 4.20. The molecule has 3 nitrogen and oxygen atoms in total. The Kier molecular flexibility index (Phi) is 6.76. The zero-order chi connectivity index (χ0) is 13.5. The standard InChI is InChI=1S/C14H29NO2/c1-6-14(7-2,8-3)11-15-10-9-13(4,5)12(16)17/h15H,6-11H2,1-5H3,(H,16,17). The molecule has 0 aromatic heterocycles. The Morgan fingerprint density at radius 3 is 1.94 bits per heavy atom. The predicted octanol–water partition coefficient (Wildman–Crippen LogP) is 3.29. The normalized spacial score (nSPS) is 12.8. The summed E-state index contributed by atoms with van der Waals surface area (Å²) < 4.78 is 0. The van der Waals surface area contributed by atoms with E-state index in [0.29, 0.717) is 11.8 Å². The minimum Gasteiger partial charge on any atom is -0.481 e. The van der Waals surface area contributed by atoms with E-state index in [1.165, 1.54) is 19.3 Å². The lowest BCUT2D eigenvalue weighted by atomic mass is 9.79. The molecule has 0 aromatic carbocycles.